The zero-order valence-corrected chi connectivity index (χ0v) is 16.2. The van der Waals surface area contributed by atoms with Crippen molar-refractivity contribution in [3.05, 3.63) is 23.3 Å². The number of hydrogen-bond donors (Lipinski definition) is 0. The van der Waals surface area contributed by atoms with Gasteiger partial charge in [-0.25, -0.2) is 9.97 Å². The zero-order valence-electron chi connectivity index (χ0n) is 16.2. The van der Waals surface area contributed by atoms with Crippen LogP contribution in [0.25, 0.3) is 0 Å². The van der Waals surface area contributed by atoms with Crippen LogP contribution in [-0.2, 0) is 4.79 Å². The van der Waals surface area contributed by atoms with E-state index >= 15 is 0 Å². The molecule has 3 rings (SSSR count). The largest absolute Gasteiger partial charge is 0.348 e. The van der Waals surface area contributed by atoms with E-state index in [1.165, 1.54) is 0 Å². The smallest absolute Gasteiger partial charge is 0.257 e. The molecular formula is C19H29N5O2. The second-order valence-electron chi connectivity index (χ2n) is 7.79. The molecule has 2 saturated heterocycles. The average molecular weight is 359 g/mol. The van der Waals surface area contributed by atoms with Gasteiger partial charge in [-0.1, -0.05) is 0 Å². The minimum absolute atomic E-state index is 0.0511. The van der Waals surface area contributed by atoms with E-state index in [-0.39, 0.29) is 11.8 Å². The standard InChI is InChI=1S/C19H29N5O2/c1-13-17(9-20-14(2)21-13)19(26)24-10-15-5-7-23(8-6-16(15)11-24)12-18(25)22(3)4/h9,15-16H,5-8,10-12H2,1-4H3/t15-,16+. The molecule has 2 amide bonds. The quantitative estimate of drug-likeness (QED) is 0.804. The molecule has 2 fully saturated rings. The molecule has 142 valence electrons. The van der Waals surface area contributed by atoms with Gasteiger partial charge in [0.25, 0.3) is 5.91 Å². The molecular weight excluding hydrogens is 330 g/mol. The molecule has 1 aromatic rings. The zero-order chi connectivity index (χ0) is 18.8. The number of nitrogens with zero attached hydrogens (tertiary/aromatic N) is 5. The predicted molar refractivity (Wildman–Crippen MR) is 98.8 cm³/mol. The van der Waals surface area contributed by atoms with Crippen LogP contribution in [0.2, 0.25) is 0 Å². The first kappa shape index (κ1) is 18.8. The number of aryl methyl sites for hydroxylation is 2. The van der Waals surface area contributed by atoms with Crippen molar-refractivity contribution in [1.82, 2.24) is 24.7 Å². The Balaban J connectivity index is 1.60. The highest BCUT2D eigenvalue weighted by atomic mass is 16.2. The van der Waals surface area contributed by atoms with E-state index in [0.29, 0.717) is 29.8 Å². The first-order chi connectivity index (χ1) is 12.3. The molecule has 26 heavy (non-hydrogen) atoms. The lowest BCUT2D eigenvalue weighted by atomic mass is 9.92. The summed E-state index contributed by atoms with van der Waals surface area (Å²) in [5, 5.41) is 0. The Morgan fingerprint density at radius 1 is 1.15 bits per heavy atom. The van der Waals surface area contributed by atoms with Gasteiger partial charge in [-0.2, -0.15) is 0 Å². The topological polar surface area (TPSA) is 69.6 Å². The lowest BCUT2D eigenvalue weighted by molar-refractivity contribution is -0.129. The van der Waals surface area contributed by atoms with Gasteiger partial charge < -0.3 is 9.80 Å². The third kappa shape index (κ3) is 4.03. The van der Waals surface area contributed by atoms with Crippen molar-refractivity contribution in [3.8, 4) is 0 Å². The summed E-state index contributed by atoms with van der Waals surface area (Å²) >= 11 is 0. The van der Waals surface area contributed by atoms with Crippen molar-refractivity contribution >= 4 is 11.8 Å². The third-order valence-electron chi connectivity index (χ3n) is 5.68. The molecule has 0 bridgehead atoms. The molecule has 2 aliphatic rings. The number of carbonyl (C=O) groups excluding carboxylic acids is 2. The van der Waals surface area contributed by atoms with Crippen molar-refractivity contribution in [2.75, 3.05) is 46.8 Å². The average Bonchev–Trinajstić information content (AvgIpc) is 2.91. The summed E-state index contributed by atoms with van der Waals surface area (Å²) in [4.78, 5) is 39.2. The summed E-state index contributed by atoms with van der Waals surface area (Å²) in [6.45, 7) is 7.65. The number of fused-ring (bicyclic) bond motifs is 1. The Kier molecular flexibility index (Phi) is 5.55. The molecule has 0 N–H and O–H groups in total. The van der Waals surface area contributed by atoms with E-state index in [0.717, 1.165) is 44.7 Å². The molecule has 2 atom stereocenters. The molecule has 0 spiro atoms. The summed E-state index contributed by atoms with van der Waals surface area (Å²) in [5.41, 5.74) is 1.37. The summed E-state index contributed by atoms with van der Waals surface area (Å²) in [7, 11) is 3.60. The lowest BCUT2D eigenvalue weighted by Crippen LogP contribution is -2.38. The fraction of sp³-hybridized carbons (Fsp3) is 0.684. The van der Waals surface area contributed by atoms with Gasteiger partial charge in [0.1, 0.15) is 5.82 Å². The molecule has 0 unspecified atom stereocenters. The van der Waals surface area contributed by atoms with Crippen molar-refractivity contribution in [1.29, 1.82) is 0 Å². The van der Waals surface area contributed by atoms with Crippen LogP contribution in [-0.4, -0.2) is 83.3 Å². The SMILES string of the molecule is Cc1ncc(C(=O)N2C[C@H]3CCN(CC(=O)N(C)C)CC[C@H]3C2)c(C)n1. The van der Waals surface area contributed by atoms with Crippen LogP contribution < -0.4 is 0 Å². The van der Waals surface area contributed by atoms with Gasteiger partial charge in [-0.05, 0) is 51.6 Å². The molecule has 2 aliphatic heterocycles. The number of likely N-dealkylation sites (tertiary alicyclic amines) is 2. The Bertz CT molecular complexity index is 675. The number of aromatic nitrogens is 2. The van der Waals surface area contributed by atoms with Gasteiger partial charge in [0.05, 0.1) is 17.8 Å². The molecule has 1 aromatic heterocycles. The molecule has 7 heteroatoms. The fourth-order valence-electron chi connectivity index (χ4n) is 4.02. The van der Waals surface area contributed by atoms with E-state index in [1.54, 1.807) is 25.2 Å². The van der Waals surface area contributed by atoms with Gasteiger partial charge in [0.2, 0.25) is 5.91 Å². The van der Waals surface area contributed by atoms with Crippen LogP contribution in [0, 0.1) is 25.7 Å². The fourth-order valence-corrected chi connectivity index (χ4v) is 4.02. The number of amides is 2. The highest BCUT2D eigenvalue weighted by molar-refractivity contribution is 5.95. The van der Waals surface area contributed by atoms with Crippen molar-refractivity contribution in [2.45, 2.75) is 26.7 Å². The summed E-state index contributed by atoms with van der Waals surface area (Å²) in [5.74, 6) is 1.94. The Morgan fingerprint density at radius 2 is 1.77 bits per heavy atom. The van der Waals surface area contributed by atoms with Gasteiger partial charge >= 0.3 is 0 Å². The minimum atomic E-state index is 0.0511. The Hall–Kier alpha value is -2.02. The highest BCUT2D eigenvalue weighted by Crippen LogP contribution is 2.32. The van der Waals surface area contributed by atoms with Crippen LogP contribution in [0.1, 0.15) is 34.7 Å². The second-order valence-corrected chi connectivity index (χ2v) is 7.79. The van der Waals surface area contributed by atoms with Crippen molar-refractivity contribution in [3.63, 3.8) is 0 Å². The maximum atomic E-state index is 12.9. The number of carbonyl (C=O) groups is 2. The van der Waals surface area contributed by atoms with Crippen LogP contribution in [0.3, 0.4) is 0 Å². The normalized spacial score (nSPS) is 23.5. The first-order valence-corrected chi connectivity index (χ1v) is 9.37. The van der Waals surface area contributed by atoms with Gasteiger partial charge in [-0.15, -0.1) is 0 Å². The number of rotatable bonds is 3. The van der Waals surface area contributed by atoms with Gasteiger partial charge in [-0.3, -0.25) is 14.5 Å². The monoisotopic (exact) mass is 359 g/mol. The van der Waals surface area contributed by atoms with E-state index < -0.39 is 0 Å². The molecule has 7 nitrogen and oxygen atoms in total. The molecule has 3 heterocycles. The summed E-state index contributed by atoms with van der Waals surface area (Å²) in [6, 6.07) is 0. The van der Waals surface area contributed by atoms with E-state index in [2.05, 4.69) is 14.9 Å². The number of hydrogen-bond acceptors (Lipinski definition) is 5. The molecule has 0 aromatic carbocycles. The lowest BCUT2D eigenvalue weighted by Gasteiger charge is -2.23. The van der Waals surface area contributed by atoms with Crippen LogP contribution >= 0.6 is 0 Å². The summed E-state index contributed by atoms with van der Waals surface area (Å²) in [6.07, 6.45) is 3.74. The summed E-state index contributed by atoms with van der Waals surface area (Å²) < 4.78 is 0. The van der Waals surface area contributed by atoms with Crippen molar-refractivity contribution in [2.24, 2.45) is 11.8 Å². The van der Waals surface area contributed by atoms with Crippen molar-refractivity contribution < 1.29 is 9.59 Å². The maximum Gasteiger partial charge on any atom is 0.257 e. The minimum Gasteiger partial charge on any atom is -0.348 e. The van der Waals surface area contributed by atoms with Crippen LogP contribution in [0.15, 0.2) is 6.20 Å². The molecule has 0 radical (unpaired) electrons. The number of likely N-dealkylation sites (N-methyl/N-ethyl adjacent to an activating group) is 1. The Morgan fingerprint density at radius 3 is 2.31 bits per heavy atom. The second kappa shape index (κ2) is 7.70. The maximum absolute atomic E-state index is 12.9. The van der Waals surface area contributed by atoms with Gasteiger partial charge in [0.15, 0.2) is 0 Å². The third-order valence-corrected chi connectivity index (χ3v) is 5.68. The highest BCUT2D eigenvalue weighted by Gasteiger charge is 2.37. The Labute approximate surface area is 155 Å². The van der Waals surface area contributed by atoms with Crippen LogP contribution in [0.5, 0.6) is 0 Å². The van der Waals surface area contributed by atoms with E-state index in [9.17, 15) is 9.59 Å². The first-order valence-electron chi connectivity index (χ1n) is 9.37. The van der Waals surface area contributed by atoms with Crippen LogP contribution in [0.4, 0.5) is 0 Å². The van der Waals surface area contributed by atoms with Gasteiger partial charge in [0, 0.05) is 33.4 Å². The van der Waals surface area contributed by atoms with E-state index in [1.807, 2.05) is 18.7 Å². The predicted octanol–water partition coefficient (Wildman–Crippen LogP) is 0.966. The van der Waals surface area contributed by atoms with E-state index in [4.69, 9.17) is 0 Å². The molecule has 0 aliphatic carbocycles. The molecule has 0 saturated carbocycles.